The van der Waals surface area contributed by atoms with Gasteiger partial charge in [-0.05, 0) is 210 Å². The highest BCUT2D eigenvalue weighted by Crippen LogP contribution is 2.25. The van der Waals surface area contributed by atoms with Crippen LogP contribution in [0.25, 0.3) is 0 Å². The Hall–Kier alpha value is -5.03. The Morgan fingerprint density at radius 2 is 0.478 bits per heavy atom. The zero-order valence-electron chi connectivity index (χ0n) is 56.6. The average molecular weight is 1290 g/mol. The van der Waals surface area contributed by atoms with E-state index in [0.717, 1.165) is 50.1 Å². The van der Waals surface area contributed by atoms with Crippen LogP contribution in [0.15, 0.2) is 91.0 Å². The van der Waals surface area contributed by atoms with E-state index < -0.39 is 40.9 Å². The number of nitrogens with one attached hydrogen (secondary N) is 5. The van der Waals surface area contributed by atoms with Gasteiger partial charge in [0, 0.05) is 71.5 Å². The summed E-state index contributed by atoms with van der Waals surface area (Å²) in [5.41, 5.74) is 10.4. The van der Waals surface area contributed by atoms with Gasteiger partial charge in [0.25, 0.3) is 0 Å². The molecule has 0 fully saturated rings. The fraction of sp³-hybridized carbons (Fsp3) is 0.559. The number of aliphatic hydroxyl groups is 10. The molecule has 21 nitrogen and oxygen atoms in total. The van der Waals surface area contributed by atoms with Crippen molar-refractivity contribution in [3.05, 3.63) is 163 Å². The topological polar surface area (TPSA) is 378 Å². The molecule has 90 heavy (non-hydrogen) atoms. The van der Waals surface area contributed by atoms with Crippen LogP contribution in [0.5, 0.6) is 11.5 Å². The number of phenols is 2. The van der Waals surface area contributed by atoms with Crippen LogP contribution in [-0.2, 0) is 43.4 Å². The molecule has 19 N–H and O–H groups in total. The molecule has 512 valence electrons. The first-order valence-electron chi connectivity index (χ1n) is 30.0. The van der Waals surface area contributed by atoms with E-state index in [4.69, 9.17) is 27.7 Å². The molecule has 0 saturated heterocycles. The van der Waals surface area contributed by atoms with E-state index in [0.29, 0.717) is 55.0 Å². The first-order chi connectivity index (χ1) is 41.2. The van der Waals surface area contributed by atoms with E-state index >= 15 is 0 Å². The van der Waals surface area contributed by atoms with Crippen molar-refractivity contribution in [3.63, 3.8) is 0 Å². The standard InChI is InChI=1S/3C14H23NO2.2C13H21NO3.H2O4S/c3*1-10-5-6-11(7-12(10)9-16)13(17)8-15-14(2,3)4;2*1-13(2,3)14-7-12(17)9-4-5-11(16)10(6-9)8-15;1-5(2,3)4/h3*5-7,13,15-17H,8-9H2,1-4H3;2*4-6,12,14-17H,7-8H2,1-3H3;(H2,1,2,3,4)/t2*13-;;2*12-;/m00.00./s1. The van der Waals surface area contributed by atoms with Crippen molar-refractivity contribution >= 4 is 10.4 Å². The molecule has 0 saturated carbocycles. The third kappa shape index (κ3) is 38.7. The lowest BCUT2D eigenvalue weighted by Crippen LogP contribution is -2.38. The minimum absolute atomic E-state index is 0.00845. The van der Waals surface area contributed by atoms with Crippen molar-refractivity contribution in [2.75, 3.05) is 32.7 Å². The first-order valence-corrected chi connectivity index (χ1v) is 31.4. The largest absolute Gasteiger partial charge is 0.508 e. The average Bonchev–Trinajstić information content (AvgIpc) is 1.08. The van der Waals surface area contributed by atoms with Gasteiger partial charge in [-0.2, -0.15) is 8.42 Å². The van der Waals surface area contributed by atoms with Gasteiger partial charge in [-0.25, -0.2) is 0 Å². The van der Waals surface area contributed by atoms with Gasteiger partial charge < -0.3 is 87.9 Å². The highest BCUT2D eigenvalue weighted by atomic mass is 32.3. The predicted molar refractivity (Wildman–Crippen MR) is 357 cm³/mol. The Morgan fingerprint density at radius 3 is 0.633 bits per heavy atom. The van der Waals surface area contributed by atoms with Crippen LogP contribution in [-0.4, -0.2) is 139 Å². The number of hydrogen-bond donors (Lipinski definition) is 19. The molecule has 5 aromatic carbocycles. The number of aryl methyl sites for hydroxylation is 3. The van der Waals surface area contributed by atoms with Crippen LogP contribution in [0, 0.1) is 20.8 Å². The summed E-state index contributed by atoms with van der Waals surface area (Å²) < 4.78 is 31.6. The number of β-amino-alcohol motifs (C(OH)–C–C–N with tert-alkyl or cyclic N) is 5. The molecule has 5 aromatic rings. The van der Waals surface area contributed by atoms with Crippen molar-refractivity contribution in [3.8, 4) is 11.5 Å². The van der Waals surface area contributed by atoms with Crippen molar-refractivity contribution in [1.29, 1.82) is 0 Å². The van der Waals surface area contributed by atoms with Gasteiger partial charge in [-0.1, -0.05) is 66.7 Å². The molecule has 0 amide bonds. The van der Waals surface area contributed by atoms with Crippen molar-refractivity contribution in [2.24, 2.45) is 0 Å². The molecule has 5 rings (SSSR count). The highest BCUT2D eigenvalue weighted by molar-refractivity contribution is 7.79. The van der Waals surface area contributed by atoms with Crippen LogP contribution in [0.3, 0.4) is 0 Å². The van der Waals surface area contributed by atoms with Crippen LogP contribution < -0.4 is 26.6 Å². The zero-order valence-corrected chi connectivity index (χ0v) is 57.4. The molecule has 5 atom stereocenters. The lowest BCUT2D eigenvalue weighted by Gasteiger charge is -2.23. The monoisotopic (exact) mass is 1290 g/mol. The van der Waals surface area contributed by atoms with Gasteiger partial charge in [0.15, 0.2) is 0 Å². The Labute approximate surface area is 536 Å². The molecule has 22 heteroatoms. The molecule has 0 aromatic heterocycles. The molecule has 0 bridgehead atoms. The van der Waals surface area contributed by atoms with Crippen LogP contribution >= 0.6 is 0 Å². The minimum atomic E-state index is -4.67. The normalized spacial score (nSPS) is 13.6. The molecule has 0 spiro atoms. The van der Waals surface area contributed by atoms with Gasteiger partial charge >= 0.3 is 10.4 Å². The maximum atomic E-state index is 10.1. The molecule has 0 aliphatic rings. The second-order valence-electron chi connectivity index (χ2n) is 27.3. The minimum Gasteiger partial charge on any atom is -0.508 e. The molecular weight excluding hydrogens is 1170 g/mol. The second kappa shape index (κ2) is 39.5. The van der Waals surface area contributed by atoms with E-state index in [1.54, 1.807) is 24.3 Å². The van der Waals surface area contributed by atoms with Gasteiger partial charge in [0.2, 0.25) is 0 Å². The third-order valence-corrected chi connectivity index (χ3v) is 13.2. The Balaban J connectivity index is 0.00000108. The van der Waals surface area contributed by atoms with Crippen molar-refractivity contribution in [2.45, 2.75) is 216 Å². The second-order valence-corrected chi connectivity index (χ2v) is 28.2. The molecule has 1 unspecified atom stereocenters. The van der Waals surface area contributed by atoms with Crippen LogP contribution in [0.2, 0.25) is 0 Å². The number of aromatic hydroxyl groups is 2. The smallest absolute Gasteiger partial charge is 0.394 e. The highest BCUT2D eigenvalue weighted by Gasteiger charge is 2.19. The van der Waals surface area contributed by atoms with Gasteiger partial charge in [-0.3, -0.25) is 9.11 Å². The van der Waals surface area contributed by atoms with Crippen LogP contribution in [0.1, 0.15) is 207 Å². The predicted octanol–water partition coefficient (Wildman–Crippen LogP) is 7.69. The zero-order chi connectivity index (χ0) is 69.8. The van der Waals surface area contributed by atoms with Gasteiger partial charge in [0.05, 0.1) is 63.6 Å². The summed E-state index contributed by atoms with van der Waals surface area (Å²) in [4.78, 5) is 0. The fourth-order valence-electron chi connectivity index (χ4n) is 7.69. The maximum Gasteiger partial charge on any atom is 0.394 e. The summed E-state index contributed by atoms with van der Waals surface area (Å²) in [6.07, 6.45) is -2.93. The molecule has 0 heterocycles. The summed E-state index contributed by atoms with van der Waals surface area (Å²) >= 11 is 0. The Morgan fingerprint density at radius 1 is 0.322 bits per heavy atom. The Bertz CT molecular complexity index is 2530. The van der Waals surface area contributed by atoms with E-state index in [9.17, 15) is 51.1 Å². The molecular formula is C68H113N5O16S. The number of hydrogen-bond acceptors (Lipinski definition) is 19. The first kappa shape index (κ1) is 85.0. The third-order valence-electron chi connectivity index (χ3n) is 13.2. The summed E-state index contributed by atoms with van der Waals surface area (Å²) in [5.74, 6) is 0.0967. The summed E-state index contributed by atoms with van der Waals surface area (Å²) in [7, 11) is -4.67. The van der Waals surface area contributed by atoms with E-state index in [-0.39, 0.29) is 72.2 Å². The number of benzene rings is 5. The molecule has 0 aliphatic heterocycles. The quantitative estimate of drug-likeness (QED) is 0.0332. The van der Waals surface area contributed by atoms with Gasteiger partial charge in [-0.15, -0.1) is 0 Å². The van der Waals surface area contributed by atoms with Crippen molar-refractivity contribution in [1.82, 2.24) is 26.6 Å². The van der Waals surface area contributed by atoms with Crippen molar-refractivity contribution < 1.29 is 78.8 Å². The van der Waals surface area contributed by atoms with Crippen LogP contribution in [0.4, 0.5) is 0 Å². The number of rotatable bonds is 20. The SMILES string of the molecule is CC(C)(C)NC[C@H](O)c1ccc(O)c(CO)c1.CC(C)(C)NC[C@H](O)c1ccc(O)c(CO)c1.Cc1ccc(C(O)CNC(C)(C)C)cc1CO.Cc1ccc([C@@H](O)CNC(C)(C)C)cc1CO.Cc1ccc([C@@H](O)CNC(C)(C)C)cc1CO.O=S(=O)(O)O. The summed E-state index contributed by atoms with van der Waals surface area (Å²) in [6, 6.07) is 26.6. The fourth-order valence-corrected chi connectivity index (χ4v) is 7.69. The molecule has 0 radical (unpaired) electrons. The lowest BCUT2D eigenvalue weighted by atomic mass is 10.0. The maximum absolute atomic E-state index is 10.1. The van der Waals surface area contributed by atoms with E-state index in [2.05, 4.69) is 88.9 Å². The van der Waals surface area contributed by atoms with E-state index in [1.807, 2.05) is 117 Å². The number of aliphatic hydroxyl groups excluding tert-OH is 10. The van der Waals surface area contributed by atoms with E-state index in [1.165, 1.54) is 12.1 Å². The lowest BCUT2D eigenvalue weighted by molar-refractivity contribution is 0.162. The summed E-state index contributed by atoms with van der Waals surface area (Å²) in [5, 5.41) is 131. The molecule has 0 aliphatic carbocycles. The Kier molecular flexibility index (Phi) is 37.3. The van der Waals surface area contributed by atoms with Gasteiger partial charge in [0.1, 0.15) is 11.5 Å². The summed E-state index contributed by atoms with van der Waals surface area (Å²) in [6.45, 7) is 38.5.